The molecule has 0 aromatic carbocycles. The third-order valence-corrected chi connectivity index (χ3v) is 4.32. The number of rotatable bonds is 5. The molecule has 1 aromatic rings. The van der Waals surface area contributed by atoms with E-state index in [2.05, 4.69) is 27.4 Å². The molecule has 1 aromatic heterocycles. The highest BCUT2D eigenvalue weighted by Crippen LogP contribution is 2.26. The van der Waals surface area contributed by atoms with E-state index in [1.54, 1.807) is 11.3 Å². The molecule has 0 spiro atoms. The summed E-state index contributed by atoms with van der Waals surface area (Å²) in [6, 6.07) is 4.20. The molecule has 0 radical (unpaired) electrons. The van der Waals surface area contributed by atoms with E-state index in [0.717, 1.165) is 29.1 Å². The summed E-state index contributed by atoms with van der Waals surface area (Å²) in [5.74, 6) is 0. The first-order valence-electron chi connectivity index (χ1n) is 6.03. The molecule has 5 heteroatoms. The second-order valence-electron chi connectivity index (χ2n) is 4.48. The molecule has 1 N–H and O–H groups in total. The number of ether oxygens (including phenoxy) is 1. The minimum Gasteiger partial charge on any atom is -0.388 e. The van der Waals surface area contributed by atoms with E-state index < -0.39 is 6.10 Å². The Morgan fingerprint density at radius 2 is 2.56 bits per heavy atom. The molecule has 1 aliphatic rings. The normalized spacial score (nSPS) is 22.9. The van der Waals surface area contributed by atoms with Gasteiger partial charge in [-0.1, -0.05) is 28.6 Å². The van der Waals surface area contributed by atoms with Crippen molar-refractivity contribution in [3.8, 4) is 0 Å². The van der Waals surface area contributed by atoms with Crippen LogP contribution in [0.4, 0.5) is 0 Å². The van der Waals surface area contributed by atoms with E-state index >= 15 is 0 Å². The highest BCUT2D eigenvalue weighted by atomic mass is 79.9. The summed E-state index contributed by atoms with van der Waals surface area (Å²) in [6.45, 7) is 7.03. The Bertz CT molecular complexity index is 382. The van der Waals surface area contributed by atoms with Crippen molar-refractivity contribution in [3.05, 3.63) is 33.5 Å². The molecule has 2 heterocycles. The minimum absolute atomic E-state index is 0.255. The van der Waals surface area contributed by atoms with Crippen LogP contribution in [0, 0.1) is 0 Å². The van der Waals surface area contributed by atoms with Gasteiger partial charge in [-0.3, -0.25) is 4.90 Å². The second kappa shape index (κ2) is 6.82. The lowest BCUT2D eigenvalue weighted by molar-refractivity contribution is -0.0207. The molecule has 2 atom stereocenters. The van der Waals surface area contributed by atoms with Gasteiger partial charge in [-0.25, -0.2) is 0 Å². The molecule has 0 saturated carbocycles. The maximum atomic E-state index is 10.2. The van der Waals surface area contributed by atoms with Crippen LogP contribution in [0.1, 0.15) is 17.4 Å². The molecule has 0 bridgehead atoms. The van der Waals surface area contributed by atoms with Gasteiger partial charge < -0.3 is 9.84 Å². The first-order chi connectivity index (χ1) is 8.66. The number of thiophene rings is 1. The Morgan fingerprint density at radius 3 is 3.22 bits per heavy atom. The minimum atomic E-state index is -0.400. The molecule has 0 unspecified atom stereocenters. The van der Waals surface area contributed by atoms with Gasteiger partial charge in [0.25, 0.3) is 0 Å². The van der Waals surface area contributed by atoms with Crippen molar-refractivity contribution in [3.63, 3.8) is 0 Å². The number of halogens is 1. The van der Waals surface area contributed by atoms with Gasteiger partial charge in [0.05, 0.1) is 19.3 Å². The largest absolute Gasteiger partial charge is 0.388 e. The maximum absolute atomic E-state index is 10.2. The Morgan fingerprint density at radius 1 is 1.72 bits per heavy atom. The lowest BCUT2D eigenvalue weighted by atomic mass is 10.1. The van der Waals surface area contributed by atoms with Crippen LogP contribution in [0.15, 0.2) is 28.6 Å². The first-order valence-corrected chi connectivity index (χ1v) is 7.70. The van der Waals surface area contributed by atoms with Gasteiger partial charge in [-0.15, -0.1) is 11.3 Å². The SMILES string of the molecule is C=C(Br)CN1CCOC[C@H]1C[C@@H](O)c1cccs1. The standard InChI is InChI=1S/C13H18BrNO2S/c1-10(14)8-15-4-5-17-9-11(15)7-12(16)13-3-2-6-18-13/h2-3,6,11-12,16H,1,4-5,7-9H2/t11-,12-/m1/s1. The Hall–Kier alpha value is -0.200. The molecule has 100 valence electrons. The van der Waals surface area contributed by atoms with E-state index in [4.69, 9.17) is 4.74 Å². The topological polar surface area (TPSA) is 32.7 Å². The van der Waals surface area contributed by atoms with Crippen molar-refractivity contribution in [1.82, 2.24) is 4.90 Å². The Kier molecular flexibility index (Phi) is 5.38. The zero-order chi connectivity index (χ0) is 13.0. The number of morpholine rings is 1. The molecule has 0 amide bonds. The Balaban J connectivity index is 1.94. The van der Waals surface area contributed by atoms with Crippen LogP contribution in [0.5, 0.6) is 0 Å². The summed E-state index contributed by atoms with van der Waals surface area (Å²) in [6.07, 6.45) is 0.309. The lowest BCUT2D eigenvalue weighted by Crippen LogP contribution is -2.46. The summed E-state index contributed by atoms with van der Waals surface area (Å²) < 4.78 is 6.49. The van der Waals surface area contributed by atoms with Gasteiger partial charge in [-0.05, 0) is 17.9 Å². The number of aliphatic hydroxyl groups is 1. The highest BCUT2D eigenvalue weighted by molar-refractivity contribution is 9.11. The molecule has 2 rings (SSSR count). The van der Waals surface area contributed by atoms with Gasteiger partial charge in [0.15, 0.2) is 0 Å². The van der Waals surface area contributed by atoms with Gasteiger partial charge in [0.1, 0.15) is 0 Å². The smallest absolute Gasteiger partial charge is 0.0897 e. The van der Waals surface area contributed by atoms with Crippen LogP contribution in [0.3, 0.4) is 0 Å². The van der Waals surface area contributed by atoms with E-state index in [1.165, 1.54) is 0 Å². The first kappa shape index (κ1) is 14.2. The fourth-order valence-corrected chi connectivity index (χ4v) is 3.24. The lowest BCUT2D eigenvalue weighted by Gasteiger charge is -2.36. The van der Waals surface area contributed by atoms with E-state index in [1.807, 2.05) is 17.5 Å². The zero-order valence-electron chi connectivity index (χ0n) is 10.2. The molecule has 1 fully saturated rings. The molecular formula is C13H18BrNO2S. The van der Waals surface area contributed by atoms with Crippen LogP contribution in [-0.4, -0.2) is 42.4 Å². The van der Waals surface area contributed by atoms with Crippen molar-refractivity contribution >= 4 is 27.3 Å². The van der Waals surface area contributed by atoms with Crippen molar-refractivity contribution in [2.45, 2.75) is 18.6 Å². The fraction of sp³-hybridized carbons (Fsp3) is 0.538. The van der Waals surface area contributed by atoms with Gasteiger partial charge in [0.2, 0.25) is 0 Å². The Labute approximate surface area is 120 Å². The van der Waals surface area contributed by atoms with Gasteiger partial charge in [0, 0.05) is 28.5 Å². The molecule has 1 aliphatic heterocycles. The number of hydrogen-bond acceptors (Lipinski definition) is 4. The summed E-state index contributed by atoms with van der Waals surface area (Å²) in [5.41, 5.74) is 0. The summed E-state index contributed by atoms with van der Waals surface area (Å²) >= 11 is 5.00. The number of hydrogen-bond donors (Lipinski definition) is 1. The van der Waals surface area contributed by atoms with Crippen LogP contribution in [-0.2, 0) is 4.74 Å². The molecular weight excluding hydrogens is 314 g/mol. The van der Waals surface area contributed by atoms with E-state index in [9.17, 15) is 5.11 Å². The number of nitrogens with zero attached hydrogens (tertiary/aromatic N) is 1. The van der Waals surface area contributed by atoms with Crippen LogP contribution >= 0.6 is 27.3 Å². The van der Waals surface area contributed by atoms with Crippen LogP contribution in [0.2, 0.25) is 0 Å². The molecule has 3 nitrogen and oxygen atoms in total. The predicted molar refractivity (Wildman–Crippen MR) is 78.1 cm³/mol. The third kappa shape index (κ3) is 3.90. The average molecular weight is 332 g/mol. The predicted octanol–water partition coefficient (Wildman–Crippen LogP) is 2.78. The van der Waals surface area contributed by atoms with E-state index in [0.29, 0.717) is 13.0 Å². The van der Waals surface area contributed by atoms with Crippen molar-refractivity contribution in [2.24, 2.45) is 0 Å². The summed E-state index contributed by atoms with van der Waals surface area (Å²) in [4.78, 5) is 3.34. The fourth-order valence-electron chi connectivity index (χ4n) is 2.19. The monoisotopic (exact) mass is 331 g/mol. The van der Waals surface area contributed by atoms with Crippen molar-refractivity contribution < 1.29 is 9.84 Å². The van der Waals surface area contributed by atoms with Crippen molar-refractivity contribution in [1.29, 1.82) is 0 Å². The van der Waals surface area contributed by atoms with E-state index in [-0.39, 0.29) is 6.04 Å². The van der Waals surface area contributed by atoms with Crippen LogP contribution < -0.4 is 0 Å². The second-order valence-corrected chi connectivity index (χ2v) is 6.58. The zero-order valence-corrected chi connectivity index (χ0v) is 12.6. The summed E-state index contributed by atoms with van der Waals surface area (Å²) in [7, 11) is 0. The van der Waals surface area contributed by atoms with Gasteiger partial charge in [-0.2, -0.15) is 0 Å². The maximum Gasteiger partial charge on any atom is 0.0897 e. The van der Waals surface area contributed by atoms with Crippen molar-refractivity contribution in [2.75, 3.05) is 26.3 Å². The third-order valence-electron chi connectivity index (χ3n) is 3.09. The highest BCUT2D eigenvalue weighted by Gasteiger charge is 2.26. The molecule has 1 saturated heterocycles. The van der Waals surface area contributed by atoms with Gasteiger partial charge >= 0.3 is 0 Å². The molecule has 0 aliphatic carbocycles. The quantitative estimate of drug-likeness (QED) is 0.900. The number of aliphatic hydroxyl groups excluding tert-OH is 1. The summed E-state index contributed by atoms with van der Waals surface area (Å²) in [5, 5.41) is 12.2. The molecule has 18 heavy (non-hydrogen) atoms. The average Bonchev–Trinajstić information content (AvgIpc) is 2.84. The van der Waals surface area contributed by atoms with Crippen LogP contribution in [0.25, 0.3) is 0 Å².